The lowest BCUT2D eigenvalue weighted by Gasteiger charge is -2.35. The summed E-state index contributed by atoms with van der Waals surface area (Å²) in [7, 11) is 0. The first-order valence-corrected chi connectivity index (χ1v) is 7.97. The van der Waals surface area contributed by atoms with E-state index < -0.39 is 0 Å². The van der Waals surface area contributed by atoms with Crippen molar-refractivity contribution in [3.63, 3.8) is 0 Å². The van der Waals surface area contributed by atoms with Crippen LogP contribution >= 0.6 is 11.3 Å². The van der Waals surface area contributed by atoms with Gasteiger partial charge in [0.05, 0.1) is 11.6 Å². The predicted molar refractivity (Wildman–Crippen MR) is 84.2 cm³/mol. The third-order valence-corrected chi connectivity index (χ3v) is 4.66. The van der Waals surface area contributed by atoms with Crippen molar-refractivity contribution in [1.29, 1.82) is 0 Å². The average molecular weight is 314 g/mol. The van der Waals surface area contributed by atoms with Crippen LogP contribution in [0.25, 0.3) is 10.2 Å². The molecule has 0 aliphatic carbocycles. The highest BCUT2D eigenvalue weighted by molar-refractivity contribution is 7.16. The van der Waals surface area contributed by atoms with Gasteiger partial charge in [-0.2, -0.15) is 0 Å². The van der Waals surface area contributed by atoms with E-state index in [0.29, 0.717) is 18.8 Å². The minimum absolute atomic E-state index is 0.0481. The van der Waals surface area contributed by atoms with Crippen LogP contribution in [0.1, 0.15) is 10.6 Å². The summed E-state index contributed by atoms with van der Waals surface area (Å²) in [5.41, 5.74) is 0. The van der Waals surface area contributed by atoms with Crippen LogP contribution < -0.4 is 4.90 Å². The average Bonchev–Trinajstić information content (AvgIpc) is 3.25. The molecule has 7 heteroatoms. The van der Waals surface area contributed by atoms with Crippen molar-refractivity contribution in [2.24, 2.45) is 0 Å². The number of carbonyl (C=O) groups is 1. The minimum atomic E-state index is -0.0481. The zero-order valence-corrected chi connectivity index (χ0v) is 12.6. The molecule has 6 nitrogen and oxygen atoms in total. The van der Waals surface area contributed by atoms with Gasteiger partial charge in [0.1, 0.15) is 17.0 Å². The lowest BCUT2D eigenvalue weighted by molar-refractivity contribution is 0.0714. The van der Waals surface area contributed by atoms with Gasteiger partial charge in [-0.25, -0.2) is 9.97 Å². The second-order valence-corrected chi connectivity index (χ2v) is 5.99. The van der Waals surface area contributed by atoms with Crippen LogP contribution in [0.3, 0.4) is 0 Å². The summed E-state index contributed by atoms with van der Waals surface area (Å²) < 4.78 is 5.18. The van der Waals surface area contributed by atoms with Gasteiger partial charge in [-0.05, 0) is 23.6 Å². The summed E-state index contributed by atoms with van der Waals surface area (Å²) in [4.78, 5) is 26.0. The molecule has 1 amide bonds. The molecular weight excluding hydrogens is 300 g/mol. The van der Waals surface area contributed by atoms with Crippen LogP contribution in [0, 0.1) is 0 Å². The number of rotatable bonds is 2. The van der Waals surface area contributed by atoms with Crippen LogP contribution in [0.4, 0.5) is 5.82 Å². The molecule has 0 aromatic carbocycles. The number of fused-ring (bicyclic) bond motifs is 1. The van der Waals surface area contributed by atoms with Gasteiger partial charge < -0.3 is 14.2 Å². The Morgan fingerprint density at radius 1 is 1.18 bits per heavy atom. The van der Waals surface area contributed by atoms with Gasteiger partial charge in [0.2, 0.25) is 0 Å². The number of aromatic nitrogens is 2. The van der Waals surface area contributed by atoms with Crippen molar-refractivity contribution in [2.45, 2.75) is 0 Å². The fourth-order valence-corrected chi connectivity index (χ4v) is 3.43. The van der Waals surface area contributed by atoms with Crippen LogP contribution in [-0.2, 0) is 0 Å². The van der Waals surface area contributed by atoms with Crippen LogP contribution in [0.15, 0.2) is 40.6 Å². The minimum Gasteiger partial charge on any atom is -0.459 e. The molecule has 1 aliphatic rings. The highest BCUT2D eigenvalue weighted by Gasteiger charge is 2.25. The van der Waals surface area contributed by atoms with E-state index >= 15 is 0 Å². The number of carbonyl (C=O) groups excluding carboxylic acids is 1. The van der Waals surface area contributed by atoms with Gasteiger partial charge in [-0.1, -0.05) is 0 Å². The van der Waals surface area contributed by atoms with Gasteiger partial charge in [-0.3, -0.25) is 4.79 Å². The number of hydrogen-bond acceptors (Lipinski definition) is 6. The Labute approximate surface area is 131 Å². The molecule has 3 aromatic heterocycles. The first-order chi connectivity index (χ1) is 10.8. The van der Waals surface area contributed by atoms with Gasteiger partial charge in [-0.15, -0.1) is 11.3 Å². The Bertz CT molecular complexity index is 791. The van der Waals surface area contributed by atoms with Crippen molar-refractivity contribution in [3.05, 3.63) is 41.9 Å². The number of piperazine rings is 1. The van der Waals surface area contributed by atoms with E-state index in [2.05, 4.69) is 20.9 Å². The summed E-state index contributed by atoms with van der Waals surface area (Å²) in [5.74, 6) is 1.31. The molecule has 0 atom stereocenters. The Balaban J connectivity index is 1.50. The monoisotopic (exact) mass is 314 g/mol. The van der Waals surface area contributed by atoms with Gasteiger partial charge in [0.25, 0.3) is 5.91 Å². The molecular formula is C15H14N4O2S. The van der Waals surface area contributed by atoms with Crippen LogP contribution in [0.5, 0.6) is 0 Å². The molecule has 0 bridgehead atoms. The fraction of sp³-hybridized carbons (Fsp3) is 0.267. The molecule has 4 rings (SSSR count). The van der Waals surface area contributed by atoms with Crippen LogP contribution in [0.2, 0.25) is 0 Å². The van der Waals surface area contributed by atoms with E-state index in [9.17, 15) is 4.79 Å². The molecule has 1 saturated heterocycles. The molecule has 4 heterocycles. The molecule has 1 aliphatic heterocycles. The second kappa shape index (κ2) is 5.42. The number of hydrogen-bond donors (Lipinski definition) is 0. The fourth-order valence-electron chi connectivity index (χ4n) is 2.71. The third-order valence-electron chi connectivity index (χ3n) is 3.84. The van der Waals surface area contributed by atoms with E-state index in [1.165, 1.54) is 6.26 Å². The molecule has 0 saturated carbocycles. The normalized spacial score (nSPS) is 15.5. The maximum Gasteiger partial charge on any atom is 0.289 e. The second-order valence-electron chi connectivity index (χ2n) is 5.09. The van der Waals surface area contributed by atoms with Gasteiger partial charge >= 0.3 is 0 Å². The maximum absolute atomic E-state index is 12.3. The summed E-state index contributed by atoms with van der Waals surface area (Å²) in [6, 6.07) is 5.49. The SMILES string of the molecule is O=C(c1ccco1)N1CCN(c2ncnc3sccc23)CC1. The number of amides is 1. The molecule has 112 valence electrons. The Hall–Kier alpha value is -2.41. The van der Waals surface area contributed by atoms with Crippen molar-refractivity contribution in [2.75, 3.05) is 31.1 Å². The molecule has 0 spiro atoms. The van der Waals surface area contributed by atoms with Crippen molar-refractivity contribution in [3.8, 4) is 0 Å². The van der Waals surface area contributed by atoms with Crippen molar-refractivity contribution < 1.29 is 9.21 Å². The lowest BCUT2D eigenvalue weighted by atomic mass is 10.2. The molecule has 1 fully saturated rings. The Morgan fingerprint density at radius 2 is 2.05 bits per heavy atom. The topological polar surface area (TPSA) is 62.5 Å². The van der Waals surface area contributed by atoms with Crippen molar-refractivity contribution in [1.82, 2.24) is 14.9 Å². The van der Waals surface area contributed by atoms with Gasteiger partial charge in [0, 0.05) is 26.2 Å². The van der Waals surface area contributed by atoms with Crippen LogP contribution in [-0.4, -0.2) is 47.0 Å². The molecule has 0 N–H and O–H groups in total. The largest absolute Gasteiger partial charge is 0.459 e. The van der Waals surface area contributed by atoms with Crippen molar-refractivity contribution >= 4 is 33.3 Å². The molecule has 0 radical (unpaired) electrons. The maximum atomic E-state index is 12.3. The first kappa shape index (κ1) is 13.3. The lowest BCUT2D eigenvalue weighted by Crippen LogP contribution is -2.49. The molecule has 3 aromatic rings. The Kier molecular flexibility index (Phi) is 3.27. The number of nitrogens with zero attached hydrogens (tertiary/aromatic N) is 4. The summed E-state index contributed by atoms with van der Waals surface area (Å²) in [6.07, 6.45) is 3.13. The summed E-state index contributed by atoms with van der Waals surface area (Å²) >= 11 is 1.61. The zero-order valence-electron chi connectivity index (χ0n) is 11.8. The molecule has 22 heavy (non-hydrogen) atoms. The molecule has 0 unspecified atom stereocenters. The summed E-state index contributed by atoms with van der Waals surface area (Å²) in [5, 5.41) is 3.11. The van der Waals surface area contributed by atoms with E-state index in [1.807, 2.05) is 10.3 Å². The number of furan rings is 1. The highest BCUT2D eigenvalue weighted by Crippen LogP contribution is 2.27. The zero-order chi connectivity index (χ0) is 14.9. The predicted octanol–water partition coefficient (Wildman–Crippen LogP) is 2.25. The number of thiophene rings is 1. The van der Waals surface area contributed by atoms with E-state index in [1.54, 1.807) is 29.8 Å². The van der Waals surface area contributed by atoms with E-state index in [4.69, 9.17) is 4.42 Å². The Morgan fingerprint density at radius 3 is 2.82 bits per heavy atom. The third kappa shape index (κ3) is 2.23. The first-order valence-electron chi connectivity index (χ1n) is 7.09. The van der Waals surface area contributed by atoms with E-state index in [-0.39, 0.29) is 5.91 Å². The smallest absolute Gasteiger partial charge is 0.289 e. The standard InChI is InChI=1S/C15H14N4O2S/c20-15(12-2-1-8-21-12)19-6-4-18(5-7-19)13-11-3-9-22-14(11)17-10-16-13/h1-3,8-10H,4-7H2. The summed E-state index contributed by atoms with van der Waals surface area (Å²) in [6.45, 7) is 2.84. The quantitative estimate of drug-likeness (QED) is 0.726. The van der Waals surface area contributed by atoms with E-state index in [0.717, 1.165) is 29.1 Å². The highest BCUT2D eigenvalue weighted by atomic mass is 32.1. The number of anilines is 1. The van der Waals surface area contributed by atoms with Gasteiger partial charge in [0.15, 0.2) is 5.76 Å².